The summed E-state index contributed by atoms with van der Waals surface area (Å²) in [6, 6.07) is 7.69. The summed E-state index contributed by atoms with van der Waals surface area (Å²) in [6.45, 7) is 1.63. The second kappa shape index (κ2) is 7.18. The first-order valence-electron chi connectivity index (χ1n) is 9.25. The Morgan fingerprint density at radius 3 is 2.64 bits per heavy atom. The van der Waals surface area contributed by atoms with E-state index in [1.54, 1.807) is 40.9 Å². The van der Waals surface area contributed by atoms with E-state index in [0.29, 0.717) is 25.2 Å². The Labute approximate surface area is 162 Å². The third-order valence-electron chi connectivity index (χ3n) is 5.60. The predicted octanol–water partition coefficient (Wildman–Crippen LogP) is 2.04. The summed E-state index contributed by atoms with van der Waals surface area (Å²) in [7, 11) is 3.43. The maximum atomic E-state index is 13.9. The van der Waals surface area contributed by atoms with Gasteiger partial charge in [-0.3, -0.25) is 4.79 Å². The molecule has 3 atom stereocenters. The van der Waals surface area contributed by atoms with Gasteiger partial charge >= 0.3 is 6.03 Å². The molecule has 1 aromatic heterocycles. The number of carbonyl (C=O) groups is 2. The molecule has 28 heavy (non-hydrogen) atoms. The summed E-state index contributed by atoms with van der Waals surface area (Å²) in [5.41, 5.74) is 1.26. The maximum absolute atomic E-state index is 13.9. The van der Waals surface area contributed by atoms with Crippen molar-refractivity contribution in [2.75, 3.05) is 33.7 Å². The van der Waals surface area contributed by atoms with Crippen LogP contribution in [0.1, 0.15) is 22.0 Å². The molecule has 1 aromatic carbocycles. The zero-order valence-electron chi connectivity index (χ0n) is 15.8. The quantitative estimate of drug-likeness (QED) is 0.796. The van der Waals surface area contributed by atoms with Crippen LogP contribution in [0.2, 0.25) is 0 Å². The second-order valence-electron chi connectivity index (χ2n) is 7.59. The predicted molar refractivity (Wildman–Crippen MR) is 99.8 cm³/mol. The molecule has 146 valence electrons. The van der Waals surface area contributed by atoms with Crippen LogP contribution in [0.25, 0.3) is 0 Å². The summed E-state index contributed by atoms with van der Waals surface area (Å²) in [6.07, 6.45) is 2.96. The Morgan fingerprint density at radius 1 is 1.14 bits per heavy atom. The highest BCUT2D eigenvalue weighted by molar-refractivity contribution is 5.94. The molecule has 4 rings (SSSR count). The smallest absolute Gasteiger partial charge is 0.320 e. The monoisotopic (exact) mass is 383 g/mol. The molecule has 2 aromatic rings. The van der Waals surface area contributed by atoms with E-state index in [2.05, 4.69) is 10.2 Å². The van der Waals surface area contributed by atoms with Gasteiger partial charge in [-0.15, -0.1) is 0 Å². The summed E-state index contributed by atoms with van der Waals surface area (Å²) >= 11 is 0. The molecule has 0 radical (unpaired) electrons. The fourth-order valence-electron chi connectivity index (χ4n) is 4.38. The molecular formula is C20H22FN5O2. The SMILES string of the molecule is CN(C)C(=O)N1C[C@H]2CN(C(=O)c3ccnnc3)C[C@H]2[C@H]1c1cccc(F)c1. The van der Waals surface area contributed by atoms with Crippen LogP contribution in [-0.4, -0.2) is 70.6 Å². The number of nitrogens with zero attached hydrogens (tertiary/aromatic N) is 5. The highest BCUT2D eigenvalue weighted by Gasteiger charge is 2.50. The van der Waals surface area contributed by atoms with Crippen molar-refractivity contribution >= 4 is 11.9 Å². The number of benzene rings is 1. The van der Waals surface area contributed by atoms with Crippen LogP contribution in [0, 0.1) is 17.7 Å². The minimum absolute atomic E-state index is 0.0597. The molecule has 0 unspecified atom stereocenters. The van der Waals surface area contributed by atoms with Crippen LogP contribution in [-0.2, 0) is 0 Å². The number of amides is 3. The largest absolute Gasteiger partial charge is 0.338 e. The number of rotatable bonds is 2. The summed E-state index contributed by atoms with van der Waals surface area (Å²) in [5.74, 6) is -0.208. The van der Waals surface area contributed by atoms with Crippen molar-refractivity contribution in [1.29, 1.82) is 0 Å². The number of urea groups is 1. The molecule has 2 saturated heterocycles. The number of aromatic nitrogens is 2. The fraction of sp³-hybridized carbons (Fsp3) is 0.400. The minimum Gasteiger partial charge on any atom is -0.338 e. The van der Waals surface area contributed by atoms with Gasteiger partial charge in [0.2, 0.25) is 0 Å². The molecule has 0 bridgehead atoms. The van der Waals surface area contributed by atoms with Gasteiger partial charge in [-0.25, -0.2) is 9.18 Å². The van der Waals surface area contributed by atoms with Gasteiger partial charge in [-0.2, -0.15) is 10.2 Å². The van der Waals surface area contributed by atoms with E-state index in [1.165, 1.54) is 24.5 Å². The number of hydrogen-bond acceptors (Lipinski definition) is 4. The van der Waals surface area contributed by atoms with E-state index in [1.807, 2.05) is 6.07 Å². The number of likely N-dealkylation sites (tertiary alicyclic amines) is 2. The molecule has 0 spiro atoms. The van der Waals surface area contributed by atoms with Gasteiger partial charge in [-0.05, 0) is 23.8 Å². The van der Waals surface area contributed by atoms with Crippen molar-refractivity contribution in [1.82, 2.24) is 24.9 Å². The third-order valence-corrected chi connectivity index (χ3v) is 5.60. The van der Waals surface area contributed by atoms with E-state index in [4.69, 9.17) is 0 Å². The van der Waals surface area contributed by atoms with Crippen molar-refractivity contribution in [3.8, 4) is 0 Å². The van der Waals surface area contributed by atoms with Crippen LogP contribution >= 0.6 is 0 Å². The number of fused-ring (bicyclic) bond motifs is 1. The first-order valence-corrected chi connectivity index (χ1v) is 9.25. The Kier molecular flexibility index (Phi) is 4.70. The molecule has 0 N–H and O–H groups in total. The van der Waals surface area contributed by atoms with Crippen LogP contribution in [0.15, 0.2) is 42.7 Å². The molecule has 0 saturated carbocycles. The van der Waals surface area contributed by atoms with E-state index < -0.39 is 0 Å². The van der Waals surface area contributed by atoms with Crippen molar-refractivity contribution in [3.63, 3.8) is 0 Å². The van der Waals surface area contributed by atoms with Crippen LogP contribution in [0.5, 0.6) is 0 Å². The molecule has 2 fully saturated rings. The average molecular weight is 383 g/mol. The van der Waals surface area contributed by atoms with Crippen LogP contribution in [0.4, 0.5) is 9.18 Å². The normalized spacial score (nSPS) is 23.6. The lowest BCUT2D eigenvalue weighted by Gasteiger charge is -2.31. The summed E-state index contributed by atoms with van der Waals surface area (Å²) < 4.78 is 13.9. The Balaban J connectivity index is 1.62. The number of carbonyl (C=O) groups excluding carboxylic acids is 2. The van der Waals surface area contributed by atoms with E-state index in [0.717, 1.165) is 5.56 Å². The second-order valence-corrected chi connectivity index (χ2v) is 7.59. The molecule has 8 heteroatoms. The molecular weight excluding hydrogens is 361 g/mol. The standard InChI is InChI=1S/C20H22FN5O2/c1-24(2)20(28)26-11-15-10-25(19(27)14-6-7-22-23-9-14)12-17(15)18(26)13-4-3-5-16(21)8-13/h3-9,15,17-18H,10-12H2,1-2H3/t15-,17-,18-/m1/s1. The molecule has 3 heterocycles. The third kappa shape index (κ3) is 3.19. The summed E-state index contributed by atoms with van der Waals surface area (Å²) in [5, 5.41) is 7.49. The number of hydrogen-bond donors (Lipinski definition) is 0. The van der Waals surface area contributed by atoms with Crippen molar-refractivity contribution in [2.24, 2.45) is 11.8 Å². The van der Waals surface area contributed by atoms with E-state index >= 15 is 0 Å². The van der Waals surface area contributed by atoms with E-state index in [9.17, 15) is 14.0 Å². The first kappa shape index (κ1) is 18.3. The number of halogens is 1. The Bertz CT molecular complexity index is 891. The fourth-order valence-corrected chi connectivity index (χ4v) is 4.38. The molecule has 7 nitrogen and oxygen atoms in total. The van der Waals surface area contributed by atoms with Crippen molar-refractivity contribution < 1.29 is 14.0 Å². The molecule has 2 aliphatic heterocycles. The maximum Gasteiger partial charge on any atom is 0.320 e. The average Bonchev–Trinajstić information content (AvgIpc) is 3.25. The van der Waals surface area contributed by atoms with Crippen molar-refractivity contribution in [3.05, 3.63) is 59.7 Å². The highest BCUT2D eigenvalue weighted by atomic mass is 19.1. The topological polar surface area (TPSA) is 69.6 Å². The van der Waals surface area contributed by atoms with Gasteiger partial charge in [0.1, 0.15) is 5.82 Å². The minimum atomic E-state index is -0.327. The highest BCUT2D eigenvalue weighted by Crippen LogP contribution is 2.45. The van der Waals surface area contributed by atoms with Crippen molar-refractivity contribution in [2.45, 2.75) is 6.04 Å². The van der Waals surface area contributed by atoms with Gasteiger partial charge in [0, 0.05) is 45.6 Å². The molecule has 2 aliphatic rings. The van der Waals surface area contributed by atoms with Gasteiger partial charge < -0.3 is 14.7 Å². The van der Waals surface area contributed by atoms with Gasteiger partial charge in [-0.1, -0.05) is 12.1 Å². The first-order chi connectivity index (χ1) is 13.5. The summed E-state index contributed by atoms with van der Waals surface area (Å²) in [4.78, 5) is 30.7. The molecule has 0 aliphatic carbocycles. The lowest BCUT2D eigenvalue weighted by molar-refractivity contribution is 0.0766. The van der Waals surface area contributed by atoms with Crippen LogP contribution < -0.4 is 0 Å². The van der Waals surface area contributed by atoms with Gasteiger partial charge in [0.15, 0.2) is 0 Å². The lowest BCUT2D eigenvalue weighted by atomic mass is 9.89. The lowest BCUT2D eigenvalue weighted by Crippen LogP contribution is -2.42. The van der Waals surface area contributed by atoms with Gasteiger partial charge in [0.05, 0.1) is 24.0 Å². The Hall–Kier alpha value is -3.03. The zero-order chi connectivity index (χ0) is 19.8. The van der Waals surface area contributed by atoms with Crippen LogP contribution in [0.3, 0.4) is 0 Å². The Morgan fingerprint density at radius 2 is 1.96 bits per heavy atom. The zero-order valence-corrected chi connectivity index (χ0v) is 15.8. The van der Waals surface area contributed by atoms with Gasteiger partial charge in [0.25, 0.3) is 5.91 Å². The molecule has 3 amide bonds. The van der Waals surface area contributed by atoms with E-state index in [-0.39, 0.29) is 35.6 Å².